The number of methoxy groups -OCH3 is 2. The van der Waals surface area contributed by atoms with Crippen LogP contribution in [-0.2, 0) is 13.2 Å². The fraction of sp³-hybridized carbons (Fsp3) is 0.174. The van der Waals surface area contributed by atoms with Crippen molar-refractivity contribution in [2.24, 2.45) is 0 Å². The van der Waals surface area contributed by atoms with Gasteiger partial charge in [-0.1, -0.05) is 24.3 Å². The van der Waals surface area contributed by atoms with Gasteiger partial charge in [0, 0.05) is 18.3 Å². The van der Waals surface area contributed by atoms with Crippen LogP contribution in [0, 0.1) is 5.82 Å². The van der Waals surface area contributed by atoms with Crippen molar-refractivity contribution in [3.63, 3.8) is 0 Å². The van der Waals surface area contributed by atoms with Crippen molar-refractivity contribution in [3.05, 3.63) is 83.7 Å². The number of carbonyl (C=O) groups is 1. The molecule has 0 aromatic heterocycles. The normalized spacial score (nSPS) is 10.2. The van der Waals surface area contributed by atoms with E-state index in [0.717, 1.165) is 11.1 Å². The van der Waals surface area contributed by atoms with Crippen molar-refractivity contribution in [2.75, 3.05) is 19.5 Å². The van der Waals surface area contributed by atoms with Crippen molar-refractivity contribution in [1.29, 1.82) is 0 Å². The van der Waals surface area contributed by atoms with Gasteiger partial charge in [-0.05, 0) is 47.5 Å². The molecule has 2 N–H and O–H groups in total. The smallest absolute Gasteiger partial charge is 0.319 e. The molecule has 0 aliphatic rings. The molecule has 0 fully saturated rings. The topological polar surface area (TPSA) is 68.8 Å². The quantitative estimate of drug-likeness (QED) is 0.563. The van der Waals surface area contributed by atoms with Gasteiger partial charge in [0.05, 0.1) is 14.2 Å². The minimum absolute atomic E-state index is 0.229. The Kier molecular flexibility index (Phi) is 7.10. The van der Waals surface area contributed by atoms with Crippen LogP contribution in [0.3, 0.4) is 0 Å². The molecule has 0 saturated heterocycles. The maximum absolute atomic E-state index is 13.3. The zero-order chi connectivity index (χ0) is 21.3. The first-order chi connectivity index (χ1) is 14.6. The molecule has 0 aliphatic carbocycles. The van der Waals surface area contributed by atoms with E-state index < -0.39 is 0 Å². The highest BCUT2D eigenvalue weighted by atomic mass is 19.1. The van der Waals surface area contributed by atoms with Crippen LogP contribution in [0.1, 0.15) is 11.1 Å². The SMILES string of the molecule is COc1ccc(CNC(=O)Nc2cccc(OCc3cccc(F)c3)c2)cc1OC. The van der Waals surface area contributed by atoms with E-state index in [4.69, 9.17) is 14.2 Å². The Bertz CT molecular complexity index is 1010. The summed E-state index contributed by atoms with van der Waals surface area (Å²) in [5.41, 5.74) is 2.17. The maximum Gasteiger partial charge on any atom is 0.319 e. The molecule has 0 unspecified atom stereocenters. The number of hydrogen-bond acceptors (Lipinski definition) is 4. The molecular formula is C23H23FN2O4. The number of hydrogen-bond donors (Lipinski definition) is 2. The van der Waals surface area contributed by atoms with Gasteiger partial charge >= 0.3 is 6.03 Å². The van der Waals surface area contributed by atoms with Crippen molar-refractivity contribution in [2.45, 2.75) is 13.2 Å². The number of halogens is 1. The first-order valence-corrected chi connectivity index (χ1v) is 9.30. The van der Waals surface area contributed by atoms with Gasteiger partial charge < -0.3 is 24.8 Å². The Hall–Kier alpha value is -3.74. The highest BCUT2D eigenvalue weighted by Gasteiger charge is 2.07. The third-order valence-corrected chi connectivity index (χ3v) is 4.29. The third kappa shape index (κ3) is 5.88. The molecule has 7 heteroatoms. The summed E-state index contributed by atoms with van der Waals surface area (Å²) >= 11 is 0. The molecule has 0 spiro atoms. The molecule has 3 rings (SSSR count). The van der Waals surface area contributed by atoms with E-state index in [9.17, 15) is 9.18 Å². The van der Waals surface area contributed by atoms with Gasteiger partial charge in [-0.2, -0.15) is 0 Å². The van der Waals surface area contributed by atoms with Crippen LogP contribution in [0.5, 0.6) is 17.2 Å². The number of amides is 2. The second kappa shape index (κ2) is 10.2. The zero-order valence-electron chi connectivity index (χ0n) is 16.8. The average molecular weight is 410 g/mol. The molecule has 3 aromatic carbocycles. The Balaban J connectivity index is 1.53. The predicted octanol–water partition coefficient (Wildman–Crippen LogP) is 4.74. The lowest BCUT2D eigenvalue weighted by Crippen LogP contribution is -2.28. The average Bonchev–Trinajstić information content (AvgIpc) is 2.76. The first kappa shape index (κ1) is 21.0. The van der Waals surface area contributed by atoms with Crippen LogP contribution >= 0.6 is 0 Å². The second-order valence-corrected chi connectivity index (χ2v) is 6.44. The Labute approximate surface area is 174 Å². The van der Waals surface area contributed by atoms with Gasteiger partial charge in [-0.25, -0.2) is 9.18 Å². The van der Waals surface area contributed by atoms with E-state index in [-0.39, 0.29) is 18.5 Å². The van der Waals surface area contributed by atoms with Crippen molar-refractivity contribution in [3.8, 4) is 17.2 Å². The summed E-state index contributed by atoms with van der Waals surface area (Å²) in [5.74, 6) is 1.48. The van der Waals surface area contributed by atoms with Gasteiger partial charge in [0.15, 0.2) is 11.5 Å². The van der Waals surface area contributed by atoms with Crippen LogP contribution in [0.4, 0.5) is 14.9 Å². The van der Waals surface area contributed by atoms with Crippen LogP contribution in [0.15, 0.2) is 66.7 Å². The van der Waals surface area contributed by atoms with Crippen LogP contribution < -0.4 is 24.8 Å². The fourth-order valence-corrected chi connectivity index (χ4v) is 2.81. The molecule has 2 amide bonds. The molecule has 0 aliphatic heterocycles. The van der Waals surface area contributed by atoms with E-state index in [1.807, 2.05) is 6.07 Å². The summed E-state index contributed by atoms with van der Waals surface area (Å²) in [6.07, 6.45) is 0. The Morgan fingerprint density at radius 1 is 0.900 bits per heavy atom. The minimum atomic E-state index is -0.355. The number of urea groups is 1. The van der Waals surface area contributed by atoms with Crippen molar-refractivity contribution in [1.82, 2.24) is 5.32 Å². The Morgan fingerprint density at radius 2 is 1.70 bits per heavy atom. The zero-order valence-corrected chi connectivity index (χ0v) is 16.8. The summed E-state index contributed by atoms with van der Waals surface area (Å²) in [6, 6.07) is 18.3. The highest BCUT2D eigenvalue weighted by Crippen LogP contribution is 2.27. The van der Waals surface area contributed by atoms with E-state index in [1.54, 1.807) is 62.8 Å². The monoisotopic (exact) mass is 410 g/mol. The van der Waals surface area contributed by atoms with Crippen LogP contribution in [-0.4, -0.2) is 20.3 Å². The van der Waals surface area contributed by atoms with E-state index in [2.05, 4.69) is 10.6 Å². The molecule has 0 bridgehead atoms. The van der Waals surface area contributed by atoms with Gasteiger partial charge in [0.25, 0.3) is 0 Å². The van der Waals surface area contributed by atoms with E-state index in [0.29, 0.717) is 29.5 Å². The molecule has 30 heavy (non-hydrogen) atoms. The van der Waals surface area contributed by atoms with Crippen LogP contribution in [0.25, 0.3) is 0 Å². The van der Waals surface area contributed by atoms with Gasteiger partial charge in [0.2, 0.25) is 0 Å². The first-order valence-electron chi connectivity index (χ1n) is 9.30. The molecule has 0 atom stereocenters. The fourth-order valence-electron chi connectivity index (χ4n) is 2.81. The van der Waals surface area contributed by atoms with Gasteiger partial charge in [-0.3, -0.25) is 0 Å². The van der Waals surface area contributed by atoms with E-state index >= 15 is 0 Å². The lowest BCUT2D eigenvalue weighted by atomic mass is 10.2. The van der Waals surface area contributed by atoms with Crippen molar-refractivity contribution >= 4 is 11.7 Å². The predicted molar refractivity (Wildman–Crippen MR) is 113 cm³/mol. The number of carbonyl (C=O) groups excluding carboxylic acids is 1. The number of nitrogens with one attached hydrogen (secondary N) is 2. The van der Waals surface area contributed by atoms with Gasteiger partial charge in [0.1, 0.15) is 18.2 Å². The van der Waals surface area contributed by atoms with E-state index in [1.165, 1.54) is 12.1 Å². The van der Waals surface area contributed by atoms with Crippen LogP contribution in [0.2, 0.25) is 0 Å². The maximum atomic E-state index is 13.3. The minimum Gasteiger partial charge on any atom is -0.493 e. The third-order valence-electron chi connectivity index (χ3n) is 4.29. The molecular weight excluding hydrogens is 387 g/mol. The summed E-state index contributed by atoms with van der Waals surface area (Å²) in [5, 5.41) is 5.56. The summed E-state index contributed by atoms with van der Waals surface area (Å²) in [7, 11) is 3.13. The number of anilines is 1. The molecule has 156 valence electrons. The molecule has 3 aromatic rings. The number of benzene rings is 3. The molecule has 0 radical (unpaired) electrons. The molecule has 0 saturated carbocycles. The lowest BCUT2D eigenvalue weighted by Gasteiger charge is -2.12. The van der Waals surface area contributed by atoms with Gasteiger partial charge in [-0.15, -0.1) is 0 Å². The molecule has 0 heterocycles. The number of ether oxygens (including phenoxy) is 3. The molecule has 6 nitrogen and oxygen atoms in total. The highest BCUT2D eigenvalue weighted by molar-refractivity contribution is 5.89. The largest absolute Gasteiger partial charge is 0.493 e. The lowest BCUT2D eigenvalue weighted by molar-refractivity contribution is 0.251. The summed E-state index contributed by atoms with van der Waals surface area (Å²) in [6.45, 7) is 0.550. The summed E-state index contributed by atoms with van der Waals surface area (Å²) in [4.78, 5) is 12.2. The van der Waals surface area contributed by atoms with Crippen molar-refractivity contribution < 1.29 is 23.4 Å². The Morgan fingerprint density at radius 3 is 2.47 bits per heavy atom. The summed E-state index contributed by atoms with van der Waals surface area (Å²) < 4.78 is 29.4. The number of rotatable bonds is 8. The second-order valence-electron chi connectivity index (χ2n) is 6.44. The standard InChI is InChI=1S/C23H23FN2O4/c1-28-21-10-9-16(12-22(21)29-2)14-25-23(27)26-19-7-4-8-20(13-19)30-15-17-5-3-6-18(24)11-17/h3-13H,14-15H2,1-2H3,(H2,25,26,27).